The SMILES string of the molecule is CN(CCO[C@@H]1CCCCO1)Cc1cccc2[nH]ccc12. The molecule has 0 spiro atoms. The molecule has 0 bridgehead atoms. The number of rotatable bonds is 6. The van der Waals surface area contributed by atoms with Crippen LogP contribution in [-0.2, 0) is 16.0 Å². The molecular formula is C17H24N2O2. The van der Waals surface area contributed by atoms with E-state index in [0.717, 1.165) is 32.7 Å². The van der Waals surface area contributed by atoms with Crippen LogP contribution in [0.3, 0.4) is 0 Å². The number of likely N-dealkylation sites (N-methyl/N-ethyl adjacent to an activating group) is 1. The average molecular weight is 288 g/mol. The van der Waals surface area contributed by atoms with Crippen molar-refractivity contribution in [1.82, 2.24) is 9.88 Å². The average Bonchev–Trinajstić information content (AvgIpc) is 2.98. The van der Waals surface area contributed by atoms with Gasteiger partial charge in [0.25, 0.3) is 0 Å². The second-order valence-corrected chi connectivity index (χ2v) is 5.76. The van der Waals surface area contributed by atoms with Crippen LogP contribution in [0.4, 0.5) is 0 Å². The summed E-state index contributed by atoms with van der Waals surface area (Å²) in [5, 5.41) is 1.31. The van der Waals surface area contributed by atoms with Gasteiger partial charge >= 0.3 is 0 Å². The predicted molar refractivity (Wildman–Crippen MR) is 84.2 cm³/mol. The van der Waals surface area contributed by atoms with Crippen molar-refractivity contribution in [2.45, 2.75) is 32.1 Å². The summed E-state index contributed by atoms with van der Waals surface area (Å²) in [5.41, 5.74) is 2.55. The van der Waals surface area contributed by atoms with Gasteiger partial charge in [0.15, 0.2) is 6.29 Å². The highest BCUT2D eigenvalue weighted by atomic mass is 16.7. The van der Waals surface area contributed by atoms with Gasteiger partial charge in [-0.2, -0.15) is 0 Å². The largest absolute Gasteiger partial charge is 0.361 e. The van der Waals surface area contributed by atoms with Gasteiger partial charge in [-0.05, 0) is 44.0 Å². The van der Waals surface area contributed by atoms with Crippen molar-refractivity contribution in [1.29, 1.82) is 0 Å². The summed E-state index contributed by atoms with van der Waals surface area (Å²) in [6, 6.07) is 8.55. The van der Waals surface area contributed by atoms with Crippen molar-refractivity contribution < 1.29 is 9.47 Å². The van der Waals surface area contributed by atoms with Gasteiger partial charge in [-0.3, -0.25) is 4.90 Å². The highest BCUT2D eigenvalue weighted by Crippen LogP contribution is 2.18. The maximum atomic E-state index is 5.79. The molecular weight excluding hydrogens is 264 g/mol. The molecule has 4 nitrogen and oxygen atoms in total. The lowest BCUT2D eigenvalue weighted by Crippen LogP contribution is -2.28. The summed E-state index contributed by atoms with van der Waals surface area (Å²) < 4.78 is 11.4. The Morgan fingerprint density at radius 2 is 2.29 bits per heavy atom. The summed E-state index contributed by atoms with van der Waals surface area (Å²) in [5.74, 6) is 0. The molecule has 1 atom stereocenters. The van der Waals surface area contributed by atoms with Gasteiger partial charge in [-0.1, -0.05) is 12.1 Å². The van der Waals surface area contributed by atoms with Crippen LogP contribution in [0.25, 0.3) is 10.9 Å². The molecule has 0 radical (unpaired) electrons. The molecule has 1 aromatic heterocycles. The topological polar surface area (TPSA) is 37.5 Å². The van der Waals surface area contributed by atoms with Gasteiger partial charge in [0.2, 0.25) is 0 Å². The molecule has 1 aliphatic rings. The van der Waals surface area contributed by atoms with Crippen LogP contribution in [0.15, 0.2) is 30.5 Å². The number of hydrogen-bond donors (Lipinski definition) is 1. The molecule has 1 N–H and O–H groups in total. The summed E-state index contributed by atoms with van der Waals surface area (Å²) in [4.78, 5) is 5.56. The summed E-state index contributed by atoms with van der Waals surface area (Å²) in [6.07, 6.45) is 5.43. The molecule has 0 unspecified atom stereocenters. The second-order valence-electron chi connectivity index (χ2n) is 5.76. The van der Waals surface area contributed by atoms with Crippen LogP contribution in [0, 0.1) is 0 Å². The number of fused-ring (bicyclic) bond motifs is 1. The lowest BCUT2D eigenvalue weighted by atomic mass is 10.1. The van der Waals surface area contributed by atoms with Crippen LogP contribution < -0.4 is 0 Å². The Bertz CT molecular complexity index is 561. The van der Waals surface area contributed by atoms with E-state index in [1.54, 1.807) is 0 Å². The standard InChI is InChI=1S/C17H24N2O2/c1-19(10-12-21-17-7-2-3-11-20-17)13-14-5-4-6-16-15(14)8-9-18-16/h4-6,8-9,17-18H,2-3,7,10-13H2,1H3/t17-/m1/s1. The second kappa shape index (κ2) is 7.07. The summed E-state index contributed by atoms with van der Waals surface area (Å²) in [7, 11) is 2.14. The quantitative estimate of drug-likeness (QED) is 0.887. The number of aromatic nitrogens is 1. The van der Waals surface area contributed by atoms with Crippen molar-refractivity contribution in [3.63, 3.8) is 0 Å². The molecule has 114 valence electrons. The third-order valence-corrected chi connectivity index (χ3v) is 4.04. The van der Waals surface area contributed by atoms with Crippen molar-refractivity contribution >= 4 is 10.9 Å². The zero-order valence-electron chi connectivity index (χ0n) is 12.7. The number of ether oxygens (including phenoxy) is 2. The van der Waals surface area contributed by atoms with Gasteiger partial charge in [-0.25, -0.2) is 0 Å². The minimum absolute atomic E-state index is 0.0141. The molecule has 1 fully saturated rings. The van der Waals surface area contributed by atoms with Gasteiger partial charge in [-0.15, -0.1) is 0 Å². The van der Waals surface area contributed by atoms with E-state index in [1.807, 2.05) is 6.20 Å². The zero-order chi connectivity index (χ0) is 14.5. The first-order valence-electron chi connectivity index (χ1n) is 7.79. The molecule has 2 heterocycles. The number of aromatic amines is 1. The number of H-pyrrole nitrogens is 1. The van der Waals surface area contributed by atoms with E-state index in [9.17, 15) is 0 Å². The Labute approximate surface area is 126 Å². The normalized spacial score (nSPS) is 19.4. The molecule has 0 amide bonds. The Hall–Kier alpha value is -1.36. The lowest BCUT2D eigenvalue weighted by molar-refractivity contribution is -0.163. The molecule has 4 heteroatoms. The smallest absolute Gasteiger partial charge is 0.157 e. The Balaban J connectivity index is 1.47. The molecule has 0 aliphatic carbocycles. The first-order valence-corrected chi connectivity index (χ1v) is 7.79. The molecule has 1 aliphatic heterocycles. The van der Waals surface area contributed by atoms with Gasteiger partial charge in [0.05, 0.1) is 6.61 Å². The van der Waals surface area contributed by atoms with E-state index in [4.69, 9.17) is 9.47 Å². The number of nitrogens with one attached hydrogen (secondary N) is 1. The van der Waals surface area contributed by atoms with Crippen molar-refractivity contribution in [2.75, 3.05) is 26.8 Å². The molecule has 2 aromatic rings. The van der Waals surface area contributed by atoms with Crippen LogP contribution in [-0.4, -0.2) is 43.0 Å². The van der Waals surface area contributed by atoms with E-state index < -0.39 is 0 Å². The third-order valence-electron chi connectivity index (χ3n) is 4.04. The minimum atomic E-state index is 0.0141. The van der Waals surface area contributed by atoms with Crippen molar-refractivity contribution in [3.05, 3.63) is 36.0 Å². The molecule has 3 rings (SSSR count). The third kappa shape index (κ3) is 3.84. The van der Waals surface area contributed by atoms with E-state index in [0.29, 0.717) is 0 Å². The Morgan fingerprint density at radius 3 is 3.14 bits per heavy atom. The monoisotopic (exact) mass is 288 g/mol. The van der Waals surface area contributed by atoms with E-state index >= 15 is 0 Å². The van der Waals surface area contributed by atoms with Crippen molar-refractivity contribution in [2.24, 2.45) is 0 Å². The Morgan fingerprint density at radius 1 is 1.33 bits per heavy atom. The highest BCUT2D eigenvalue weighted by Gasteiger charge is 2.14. The molecule has 21 heavy (non-hydrogen) atoms. The van der Waals surface area contributed by atoms with Crippen molar-refractivity contribution in [3.8, 4) is 0 Å². The van der Waals surface area contributed by atoms with Crippen LogP contribution in [0.2, 0.25) is 0 Å². The Kier molecular flexibility index (Phi) is 4.91. The maximum Gasteiger partial charge on any atom is 0.157 e. The van der Waals surface area contributed by atoms with E-state index in [1.165, 1.54) is 29.3 Å². The van der Waals surface area contributed by atoms with Crippen LogP contribution in [0.1, 0.15) is 24.8 Å². The number of hydrogen-bond acceptors (Lipinski definition) is 3. The summed E-state index contributed by atoms with van der Waals surface area (Å²) in [6.45, 7) is 3.42. The van der Waals surface area contributed by atoms with Gasteiger partial charge in [0, 0.05) is 36.8 Å². The van der Waals surface area contributed by atoms with Gasteiger partial charge < -0.3 is 14.5 Å². The highest BCUT2D eigenvalue weighted by molar-refractivity contribution is 5.82. The van der Waals surface area contributed by atoms with Crippen LogP contribution >= 0.6 is 0 Å². The minimum Gasteiger partial charge on any atom is -0.361 e. The van der Waals surface area contributed by atoms with Gasteiger partial charge in [0.1, 0.15) is 0 Å². The molecule has 0 saturated carbocycles. The van der Waals surface area contributed by atoms with E-state index in [2.05, 4.69) is 41.2 Å². The fourth-order valence-corrected chi connectivity index (χ4v) is 2.84. The maximum absolute atomic E-state index is 5.79. The fourth-order valence-electron chi connectivity index (χ4n) is 2.84. The number of nitrogens with zero attached hydrogens (tertiary/aromatic N) is 1. The first-order chi connectivity index (χ1) is 10.3. The first kappa shape index (κ1) is 14.6. The lowest BCUT2D eigenvalue weighted by Gasteiger charge is -2.24. The zero-order valence-corrected chi connectivity index (χ0v) is 12.7. The summed E-state index contributed by atoms with van der Waals surface area (Å²) >= 11 is 0. The fraction of sp³-hybridized carbons (Fsp3) is 0.529. The molecule has 1 aromatic carbocycles. The predicted octanol–water partition coefficient (Wildman–Crippen LogP) is 3.14. The number of benzene rings is 1. The van der Waals surface area contributed by atoms with Crippen LogP contribution in [0.5, 0.6) is 0 Å². The van der Waals surface area contributed by atoms with E-state index in [-0.39, 0.29) is 6.29 Å². The molecule has 1 saturated heterocycles.